The van der Waals surface area contributed by atoms with Crippen LogP contribution >= 0.6 is 23.4 Å². The Morgan fingerprint density at radius 2 is 1.96 bits per heavy atom. The molecule has 0 radical (unpaired) electrons. The summed E-state index contributed by atoms with van der Waals surface area (Å²) >= 11 is 7.64. The lowest BCUT2D eigenvalue weighted by atomic mass is 10.2. The van der Waals surface area contributed by atoms with Crippen molar-refractivity contribution >= 4 is 23.4 Å². The molecular formula is C18H15ClN4OS. The van der Waals surface area contributed by atoms with E-state index in [1.54, 1.807) is 19.2 Å². The van der Waals surface area contributed by atoms with Crippen LogP contribution in [0.2, 0.25) is 5.02 Å². The molecule has 0 saturated heterocycles. The normalized spacial score (nSPS) is 11.8. The standard InChI is InChI=1S/C18H15ClN4OS/c1-12(11-20)25-18-22-21-17(13-6-4-3-5-7-13)23(18)14-8-9-16(24-2)15(19)10-14/h3-10,12H,1-2H3/t12-/m0/s1. The summed E-state index contributed by atoms with van der Waals surface area (Å²) in [5, 5.41) is 18.6. The second-order valence-corrected chi connectivity index (χ2v) is 6.93. The maximum Gasteiger partial charge on any atom is 0.197 e. The number of hydrogen-bond acceptors (Lipinski definition) is 5. The predicted molar refractivity (Wildman–Crippen MR) is 99.3 cm³/mol. The highest BCUT2D eigenvalue weighted by atomic mass is 35.5. The summed E-state index contributed by atoms with van der Waals surface area (Å²) in [5.41, 5.74) is 1.74. The lowest BCUT2D eigenvalue weighted by molar-refractivity contribution is 0.415. The minimum absolute atomic E-state index is 0.250. The first-order valence-electron chi connectivity index (χ1n) is 7.55. The summed E-state index contributed by atoms with van der Waals surface area (Å²) < 4.78 is 7.13. The molecule has 0 aliphatic heterocycles. The van der Waals surface area contributed by atoms with Crippen molar-refractivity contribution in [1.82, 2.24) is 14.8 Å². The van der Waals surface area contributed by atoms with E-state index < -0.39 is 0 Å². The summed E-state index contributed by atoms with van der Waals surface area (Å²) in [6, 6.07) is 17.5. The molecule has 0 amide bonds. The minimum atomic E-state index is -0.250. The van der Waals surface area contributed by atoms with E-state index in [2.05, 4.69) is 16.3 Å². The highest BCUT2D eigenvalue weighted by Crippen LogP contribution is 2.33. The van der Waals surface area contributed by atoms with Crippen LogP contribution in [-0.2, 0) is 0 Å². The zero-order chi connectivity index (χ0) is 17.8. The molecule has 3 rings (SSSR count). The molecule has 1 heterocycles. The highest BCUT2D eigenvalue weighted by Gasteiger charge is 2.19. The molecular weight excluding hydrogens is 356 g/mol. The van der Waals surface area contributed by atoms with Crippen molar-refractivity contribution in [2.45, 2.75) is 17.3 Å². The number of benzene rings is 2. The third-order valence-electron chi connectivity index (χ3n) is 3.52. The van der Waals surface area contributed by atoms with E-state index in [4.69, 9.17) is 21.6 Å². The van der Waals surface area contributed by atoms with E-state index in [1.807, 2.05) is 47.9 Å². The first kappa shape index (κ1) is 17.3. The summed E-state index contributed by atoms with van der Waals surface area (Å²) in [5.74, 6) is 1.29. The van der Waals surface area contributed by atoms with E-state index in [-0.39, 0.29) is 5.25 Å². The van der Waals surface area contributed by atoms with Gasteiger partial charge in [0, 0.05) is 5.56 Å². The lowest BCUT2D eigenvalue weighted by Crippen LogP contribution is -2.02. The number of nitrogens with zero attached hydrogens (tertiary/aromatic N) is 4. The summed E-state index contributed by atoms with van der Waals surface area (Å²) in [6.45, 7) is 1.83. The monoisotopic (exact) mass is 370 g/mol. The average molecular weight is 371 g/mol. The Morgan fingerprint density at radius 1 is 1.20 bits per heavy atom. The second-order valence-electron chi connectivity index (χ2n) is 5.22. The molecule has 0 bridgehead atoms. The zero-order valence-corrected chi connectivity index (χ0v) is 15.3. The zero-order valence-electron chi connectivity index (χ0n) is 13.7. The number of methoxy groups -OCH3 is 1. The molecule has 5 nitrogen and oxygen atoms in total. The number of ether oxygens (including phenoxy) is 1. The number of nitriles is 1. The number of aromatic nitrogens is 3. The van der Waals surface area contributed by atoms with Crippen molar-refractivity contribution < 1.29 is 4.74 Å². The fourth-order valence-electron chi connectivity index (χ4n) is 2.33. The van der Waals surface area contributed by atoms with E-state index in [1.165, 1.54) is 11.8 Å². The summed E-state index contributed by atoms with van der Waals surface area (Å²) in [4.78, 5) is 0. The Kier molecular flexibility index (Phi) is 5.27. The molecule has 1 atom stereocenters. The van der Waals surface area contributed by atoms with Gasteiger partial charge in [0.15, 0.2) is 11.0 Å². The SMILES string of the molecule is COc1ccc(-n2c(S[C@@H](C)C#N)nnc2-c2ccccc2)cc1Cl. The van der Waals surface area contributed by atoms with Gasteiger partial charge >= 0.3 is 0 Å². The van der Waals surface area contributed by atoms with Crippen molar-refractivity contribution in [2.75, 3.05) is 7.11 Å². The molecule has 0 unspecified atom stereocenters. The molecule has 0 saturated carbocycles. The van der Waals surface area contributed by atoms with Crippen molar-refractivity contribution in [3.63, 3.8) is 0 Å². The van der Waals surface area contributed by atoms with Crippen molar-refractivity contribution in [2.24, 2.45) is 0 Å². The van der Waals surface area contributed by atoms with Crippen molar-refractivity contribution in [1.29, 1.82) is 5.26 Å². The molecule has 126 valence electrons. The predicted octanol–water partition coefficient (Wildman–Crippen LogP) is 4.60. The third kappa shape index (κ3) is 3.63. The third-order valence-corrected chi connectivity index (χ3v) is 4.75. The van der Waals surface area contributed by atoms with Gasteiger partial charge in [-0.1, -0.05) is 53.7 Å². The molecule has 25 heavy (non-hydrogen) atoms. The number of thioether (sulfide) groups is 1. The van der Waals surface area contributed by atoms with Gasteiger partial charge < -0.3 is 4.74 Å². The van der Waals surface area contributed by atoms with Crippen LogP contribution in [0.5, 0.6) is 5.75 Å². The van der Waals surface area contributed by atoms with Gasteiger partial charge in [0.1, 0.15) is 5.75 Å². The van der Waals surface area contributed by atoms with Gasteiger partial charge in [-0.3, -0.25) is 4.57 Å². The molecule has 0 N–H and O–H groups in total. The number of hydrogen-bond donors (Lipinski definition) is 0. The van der Waals surface area contributed by atoms with Crippen LogP contribution in [0.1, 0.15) is 6.92 Å². The van der Waals surface area contributed by atoms with Crippen LogP contribution in [0.3, 0.4) is 0 Å². The van der Waals surface area contributed by atoms with Gasteiger partial charge in [-0.25, -0.2) is 0 Å². The van der Waals surface area contributed by atoms with E-state index in [9.17, 15) is 0 Å². The average Bonchev–Trinajstić information content (AvgIpc) is 3.05. The molecule has 0 aliphatic carbocycles. The smallest absolute Gasteiger partial charge is 0.197 e. The fraction of sp³-hybridized carbons (Fsp3) is 0.167. The van der Waals surface area contributed by atoms with E-state index in [0.29, 0.717) is 21.8 Å². The Labute approximate surface area is 155 Å². The molecule has 2 aromatic carbocycles. The molecule has 0 aliphatic rings. The maximum absolute atomic E-state index is 9.13. The maximum atomic E-state index is 9.13. The quantitative estimate of drug-likeness (QED) is 0.614. The molecule has 1 aromatic heterocycles. The van der Waals surface area contributed by atoms with Crippen LogP contribution < -0.4 is 4.74 Å². The number of rotatable bonds is 5. The Bertz CT molecular complexity index is 921. The van der Waals surface area contributed by atoms with Gasteiger partial charge in [0.2, 0.25) is 0 Å². The molecule has 3 aromatic rings. The van der Waals surface area contributed by atoms with Gasteiger partial charge in [0.05, 0.1) is 29.1 Å². The van der Waals surface area contributed by atoms with Crippen LogP contribution in [0.4, 0.5) is 0 Å². The topological polar surface area (TPSA) is 63.7 Å². The van der Waals surface area contributed by atoms with Crippen LogP contribution in [0.15, 0.2) is 53.7 Å². The summed E-state index contributed by atoms with van der Waals surface area (Å²) in [7, 11) is 1.57. The van der Waals surface area contributed by atoms with Crippen LogP contribution in [-0.4, -0.2) is 27.1 Å². The molecule has 7 heteroatoms. The fourth-order valence-corrected chi connectivity index (χ4v) is 3.34. The minimum Gasteiger partial charge on any atom is -0.495 e. The van der Waals surface area contributed by atoms with Gasteiger partial charge in [-0.2, -0.15) is 5.26 Å². The van der Waals surface area contributed by atoms with Crippen LogP contribution in [0.25, 0.3) is 17.1 Å². The highest BCUT2D eigenvalue weighted by molar-refractivity contribution is 8.00. The van der Waals surface area contributed by atoms with E-state index in [0.717, 1.165) is 11.3 Å². The van der Waals surface area contributed by atoms with Gasteiger partial charge in [-0.15, -0.1) is 10.2 Å². The Hall–Kier alpha value is -2.49. The largest absolute Gasteiger partial charge is 0.495 e. The molecule has 0 spiro atoms. The first-order valence-corrected chi connectivity index (χ1v) is 8.81. The first-order chi connectivity index (χ1) is 12.1. The number of halogens is 1. The second kappa shape index (κ2) is 7.60. The van der Waals surface area contributed by atoms with Crippen molar-refractivity contribution in [3.05, 3.63) is 53.6 Å². The van der Waals surface area contributed by atoms with Crippen LogP contribution in [0, 0.1) is 11.3 Å². The lowest BCUT2D eigenvalue weighted by Gasteiger charge is -2.12. The van der Waals surface area contributed by atoms with E-state index >= 15 is 0 Å². The Morgan fingerprint density at radius 3 is 2.60 bits per heavy atom. The molecule has 0 fully saturated rings. The van der Waals surface area contributed by atoms with Crippen molar-refractivity contribution in [3.8, 4) is 28.9 Å². The van der Waals surface area contributed by atoms with Gasteiger partial charge in [-0.05, 0) is 25.1 Å². The Balaban J connectivity index is 2.16. The van der Waals surface area contributed by atoms with Gasteiger partial charge in [0.25, 0.3) is 0 Å². The summed E-state index contributed by atoms with van der Waals surface area (Å²) in [6.07, 6.45) is 0.